The summed E-state index contributed by atoms with van der Waals surface area (Å²) in [4.78, 5) is 4.33. The van der Waals surface area contributed by atoms with Crippen LogP contribution in [-0.2, 0) is 0 Å². The number of aromatic nitrogens is 1. The summed E-state index contributed by atoms with van der Waals surface area (Å²) in [6, 6.07) is 5.52. The van der Waals surface area contributed by atoms with Crippen LogP contribution in [0.25, 0.3) is 10.8 Å². The normalized spacial score (nSPS) is 10.7. The Kier molecular flexibility index (Phi) is 3.69. The smallest absolute Gasteiger partial charge is 0.135 e. The Balaban J connectivity index is 2.45. The minimum absolute atomic E-state index is 0.682. The number of rotatable bonds is 4. The lowest BCUT2D eigenvalue weighted by molar-refractivity contribution is 0.832. The van der Waals surface area contributed by atoms with Gasteiger partial charge in [0.25, 0.3) is 0 Å². The fourth-order valence-electron chi connectivity index (χ4n) is 1.80. The van der Waals surface area contributed by atoms with Crippen molar-refractivity contribution in [1.82, 2.24) is 4.98 Å². The molecule has 1 aromatic heterocycles. The number of nitrogens with two attached hydrogens (primary N) is 1. The first-order valence-electron chi connectivity index (χ1n) is 5.80. The van der Waals surface area contributed by atoms with Crippen LogP contribution < -0.4 is 11.1 Å². The SMILES string of the molecule is CCCCNc1nccc2c(N)ccc(Cl)c12. The van der Waals surface area contributed by atoms with Crippen LogP contribution in [0, 0.1) is 0 Å². The van der Waals surface area contributed by atoms with Crippen molar-refractivity contribution in [1.29, 1.82) is 0 Å². The van der Waals surface area contributed by atoms with E-state index in [4.69, 9.17) is 17.3 Å². The molecule has 0 saturated carbocycles. The lowest BCUT2D eigenvalue weighted by Crippen LogP contribution is -2.03. The number of unbranched alkanes of at least 4 members (excludes halogenated alkanes) is 1. The van der Waals surface area contributed by atoms with Gasteiger partial charge in [-0.05, 0) is 24.6 Å². The molecule has 0 fully saturated rings. The zero-order valence-electron chi connectivity index (χ0n) is 9.83. The number of nitrogens with one attached hydrogen (secondary N) is 1. The summed E-state index contributed by atoms with van der Waals surface area (Å²) in [5.41, 5.74) is 6.66. The van der Waals surface area contributed by atoms with E-state index in [1.54, 1.807) is 6.20 Å². The molecule has 90 valence electrons. The van der Waals surface area contributed by atoms with Gasteiger partial charge in [0, 0.05) is 29.2 Å². The molecule has 2 aromatic rings. The van der Waals surface area contributed by atoms with Crippen molar-refractivity contribution in [2.24, 2.45) is 0 Å². The molecular weight excluding hydrogens is 234 g/mol. The van der Waals surface area contributed by atoms with Gasteiger partial charge in [0.2, 0.25) is 0 Å². The number of nitrogens with zero attached hydrogens (tertiary/aromatic N) is 1. The molecule has 0 unspecified atom stereocenters. The molecule has 3 N–H and O–H groups in total. The van der Waals surface area contributed by atoms with E-state index in [9.17, 15) is 0 Å². The molecule has 0 aliphatic carbocycles. The monoisotopic (exact) mass is 249 g/mol. The predicted octanol–water partition coefficient (Wildman–Crippen LogP) is 3.68. The number of anilines is 2. The summed E-state index contributed by atoms with van der Waals surface area (Å²) in [6.07, 6.45) is 4.01. The van der Waals surface area contributed by atoms with Gasteiger partial charge in [-0.2, -0.15) is 0 Å². The molecule has 0 radical (unpaired) electrons. The second-order valence-corrected chi connectivity index (χ2v) is 4.41. The van der Waals surface area contributed by atoms with Crippen LogP contribution in [0.5, 0.6) is 0 Å². The van der Waals surface area contributed by atoms with Crippen LogP contribution in [0.4, 0.5) is 11.5 Å². The number of fused-ring (bicyclic) bond motifs is 1. The van der Waals surface area contributed by atoms with E-state index in [-0.39, 0.29) is 0 Å². The van der Waals surface area contributed by atoms with E-state index in [1.165, 1.54) is 0 Å². The molecule has 17 heavy (non-hydrogen) atoms. The number of nitrogen functional groups attached to an aromatic ring is 1. The van der Waals surface area contributed by atoms with Crippen molar-refractivity contribution in [2.45, 2.75) is 19.8 Å². The van der Waals surface area contributed by atoms with Crippen molar-refractivity contribution < 1.29 is 0 Å². The Bertz CT molecular complexity index is 525. The van der Waals surface area contributed by atoms with Gasteiger partial charge in [0.05, 0.1) is 5.02 Å². The molecule has 0 saturated heterocycles. The summed E-state index contributed by atoms with van der Waals surface area (Å²) in [7, 11) is 0. The van der Waals surface area contributed by atoms with Crippen molar-refractivity contribution in [3.8, 4) is 0 Å². The average Bonchev–Trinajstić information content (AvgIpc) is 2.34. The fourth-order valence-corrected chi connectivity index (χ4v) is 2.05. The van der Waals surface area contributed by atoms with Crippen molar-refractivity contribution in [3.63, 3.8) is 0 Å². The minimum Gasteiger partial charge on any atom is -0.398 e. The van der Waals surface area contributed by atoms with Gasteiger partial charge in [0.15, 0.2) is 0 Å². The largest absolute Gasteiger partial charge is 0.398 e. The Hall–Kier alpha value is -1.48. The molecule has 0 aliphatic heterocycles. The van der Waals surface area contributed by atoms with E-state index in [1.807, 2.05) is 18.2 Å². The van der Waals surface area contributed by atoms with Crippen molar-refractivity contribution in [2.75, 3.05) is 17.6 Å². The third-order valence-electron chi connectivity index (χ3n) is 2.73. The van der Waals surface area contributed by atoms with Crippen LogP contribution in [-0.4, -0.2) is 11.5 Å². The summed E-state index contributed by atoms with van der Waals surface area (Å²) in [5.74, 6) is 0.813. The summed E-state index contributed by atoms with van der Waals surface area (Å²) in [6.45, 7) is 3.05. The highest BCUT2D eigenvalue weighted by molar-refractivity contribution is 6.37. The standard InChI is InChI=1S/C13H16ClN3/c1-2-3-7-16-13-12-9(6-8-17-13)11(15)5-4-10(12)14/h4-6,8H,2-3,7,15H2,1H3,(H,16,17). The maximum absolute atomic E-state index is 6.21. The van der Waals surface area contributed by atoms with E-state index in [2.05, 4.69) is 17.2 Å². The molecule has 0 amide bonds. The third-order valence-corrected chi connectivity index (χ3v) is 3.05. The maximum atomic E-state index is 6.21. The van der Waals surface area contributed by atoms with E-state index < -0.39 is 0 Å². The van der Waals surface area contributed by atoms with Gasteiger partial charge in [-0.25, -0.2) is 4.98 Å². The molecule has 0 bridgehead atoms. The number of benzene rings is 1. The number of hydrogen-bond donors (Lipinski definition) is 2. The molecule has 1 heterocycles. The molecule has 0 atom stereocenters. The van der Waals surface area contributed by atoms with Gasteiger partial charge < -0.3 is 11.1 Å². The van der Waals surface area contributed by atoms with E-state index >= 15 is 0 Å². The Morgan fingerprint density at radius 1 is 1.35 bits per heavy atom. The summed E-state index contributed by atoms with van der Waals surface area (Å²) < 4.78 is 0. The molecule has 3 nitrogen and oxygen atoms in total. The molecule has 0 aliphatic rings. The van der Waals surface area contributed by atoms with Crippen LogP contribution in [0.3, 0.4) is 0 Å². The first-order chi connectivity index (χ1) is 8.24. The van der Waals surface area contributed by atoms with Gasteiger partial charge in [-0.3, -0.25) is 0 Å². The Labute approximate surface area is 106 Å². The third kappa shape index (κ3) is 2.44. The predicted molar refractivity (Wildman–Crippen MR) is 74.6 cm³/mol. The van der Waals surface area contributed by atoms with Crippen LogP contribution in [0.15, 0.2) is 24.4 Å². The first kappa shape index (κ1) is 12.0. The maximum Gasteiger partial charge on any atom is 0.135 e. The van der Waals surface area contributed by atoms with Gasteiger partial charge in [-0.15, -0.1) is 0 Å². The van der Waals surface area contributed by atoms with Crippen molar-refractivity contribution in [3.05, 3.63) is 29.4 Å². The van der Waals surface area contributed by atoms with Gasteiger partial charge in [0.1, 0.15) is 5.82 Å². The van der Waals surface area contributed by atoms with Crippen LogP contribution >= 0.6 is 11.6 Å². The zero-order valence-corrected chi connectivity index (χ0v) is 10.6. The molecule has 2 rings (SSSR count). The summed E-state index contributed by atoms with van der Waals surface area (Å²) >= 11 is 6.21. The lowest BCUT2D eigenvalue weighted by atomic mass is 10.1. The number of halogens is 1. The van der Waals surface area contributed by atoms with Crippen molar-refractivity contribution >= 4 is 33.9 Å². The zero-order chi connectivity index (χ0) is 12.3. The quantitative estimate of drug-likeness (QED) is 0.642. The second-order valence-electron chi connectivity index (χ2n) is 4.00. The first-order valence-corrected chi connectivity index (χ1v) is 6.18. The molecule has 1 aromatic carbocycles. The summed E-state index contributed by atoms with van der Waals surface area (Å²) in [5, 5.41) is 5.85. The minimum atomic E-state index is 0.682. The molecule has 0 spiro atoms. The second kappa shape index (κ2) is 5.23. The molecule has 4 heteroatoms. The van der Waals surface area contributed by atoms with Gasteiger partial charge in [-0.1, -0.05) is 24.9 Å². The lowest BCUT2D eigenvalue weighted by Gasteiger charge is -2.10. The highest BCUT2D eigenvalue weighted by Crippen LogP contribution is 2.32. The van der Waals surface area contributed by atoms with Crippen LogP contribution in [0.1, 0.15) is 19.8 Å². The average molecular weight is 250 g/mol. The van der Waals surface area contributed by atoms with Crippen LogP contribution in [0.2, 0.25) is 5.02 Å². The van der Waals surface area contributed by atoms with Gasteiger partial charge >= 0.3 is 0 Å². The highest BCUT2D eigenvalue weighted by Gasteiger charge is 2.08. The molecular formula is C13H16ClN3. The van der Waals surface area contributed by atoms with E-state index in [0.29, 0.717) is 5.02 Å². The van der Waals surface area contributed by atoms with E-state index in [0.717, 1.165) is 41.7 Å². The Morgan fingerprint density at radius 2 is 2.18 bits per heavy atom. The Morgan fingerprint density at radius 3 is 2.94 bits per heavy atom. The number of hydrogen-bond acceptors (Lipinski definition) is 3. The number of pyridine rings is 1. The topological polar surface area (TPSA) is 50.9 Å². The fraction of sp³-hybridized carbons (Fsp3) is 0.308. The highest BCUT2D eigenvalue weighted by atomic mass is 35.5.